The number of hydrogen-bond donors (Lipinski definition) is 1. The predicted molar refractivity (Wildman–Crippen MR) is 54.6 cm³/mol. The number of nitrogens with zero attached hydrogens (tertiary/aromatic N) is 2. The molecule has 0 radical (unpaired) electrons. The summed E-state index contributed by atoms with van der Waals surface area (Å²) in [6.45, 7) is 7.34. The lowest BCUT2D eigenvalue weighted by Crippen LogP contribution is -2.13. The summed E-state index contributed by atoms with van der Waals surface area (Å²) in [5.41, 5.74) is 0.292. The average molecular weight is 197 g/mol. The lowest BCUT2D eigenvalue weighted by molar-refractivity contribution is 0.389. The van der Waals surface area contributed by atoms with Gasteiger partial charge in [0.15, 0.2) is 0 Å². The van der Waals surface area contributed by atoms with E-state index in [2.05, 4.69) is 36.1 Å². The first-order valence-corrected chi connectivity index (χ1v) is 4.69. The zero-order chi connectivity index (χ0) is 10.6. The molecule has 0 fully saturated rings. The van der Waals surface area contributed by atoms with Gasteiger partial charge in [-0.1, -0.05) is 20.8 Å². The second-order valence-corrected chi connectivity index (χ2v) is 4.46. The lowest BCUT2D eigenvalue weighted by Gasteiger charge is -2.17. The van der Waals surface area contributed by atoms with Gasteiger partial charge in [0.2, 0.25) is 5.95 Å². The van der Waals surface area contributed by atoms with Crippen LogP contribution in [0.4, 0.5) is 10.2 Å². The molecule has 0 saturated heterocycles. The van der Waals surface area contributed by atoms with Gasteiger partial charge in [-0.3, -0.25) is 0 Å². The number of hydrogen-bond acceptors (Lipinski definition) is 3. The van der Waals surface area contributed by atoms with Gasteiger partial charge in [0.05, 0.1) is 12.4 Å². The van der Waals surface area contributed by atoms with Crippen LogP contribution in [0.1, 0.15) is 27.2 Å². The van der Waals surface area contributed by atoms with Crippen molar-refractivity contribution in [1.82, 2.24) is 9.97 Å². The maximum absolute atomic E-state index is 12.4. The van der Waals surface area contributed by atoms with Crippen molar-refractivity contribution in [2.75, 3.05) is 11.9 Å². The average Bonchev–Trinajstić information content (AvgIpc) is 2.06. The van der Waals surface area contributed by atoms with Crippen LogP contribution in [0.25, 0.3) is 0 Å². The van der Waals surface area contributed by atoms with Crippen molar-refractivity contribution in [3.8, 4) is 0 Å². The molecule has 1 heterocycles. The van der Waals surface area contributed by atoms with Crippen LogP contribution >= 0.6 is 0 Å². The highest BCUT2D eigenvalue weighted by molar-refractivity contribution is 5.29. The van der Waals surface area contributed by atoms with Gasteiger partial charge in [-0.15, -0.1) is 0 Å². The molecule has 1 N–H and O–H groups in total. The lowest BCUT2D eigenvalue weighted by atomic mass is 9.92. The number of rotatable bonds is 3. The van der Waals surface area contributed by atoms with Crippen LogP contribution < -0.4 is 5.32 Å². The SMILES string of the molecule is CC(C)(C)CCNc1cnc(F)cn1. The van der Waals surface area contributed by atoms with Crippen LogP contribution in [0.3, 0.4) is 0 Å². The molecule has 4 heteroatoms. The molecule has 14 heavy (non-hydrogen) atoms. The second-order valence-electron chi connectivity index (χ2n) is 4.46. The molecule has 0 amide bonds. The molecular formula is C10H16FN3. The van der Waals surface area contributed by atoms with Gasteiger partial charge in [-0.05, 0) is 11.8 Å². The third kappa shape index (κ3) is 4.16. The molecule has 0 aliphatic carbocycles. The Bertz CT molecular complexity index is 276. The largest absolute Gasteiger partial charge is 0.369 e. The van der Waals surface area contributed by atoms with Crippen LogP contribution in [-0.2, 0) is 0 Å². The van der Waals surface area contributed by atoms with Gasteiger partial charge in [-0.25, -0.2) is 9.97 Å². The Morgan fingerprint density at radius 1 is 1.29 bits per heavy atom. The van der Waals surface area contributed by atoms with E-state index in [0.717, 1.165) is 19.2 Å². The first-order valence-electron chi connectivity index (χ1n) is 4.69. The monoisotopic (exact) mass is 197 g/mol. The standard InChI is InChI=1S/C10H16FN3/c1-10(2,3)4-5-12-9-7-13-8(11)6-14-9/h6-7H,4-5H2,1-3H3,(H,12,14). The normalized spacial score (nSPS) is 11.4. The highest BCUT2D eigenvalue weighted by Gasteiger charge is 2.09. The first kappa shape index (κ1) is 10.9. The minimum Gasteiger partial charge on any atom is -0.369 e. The zero-order valence-corrected chi connectivity index (χ0v) is 8.84. The molecule has 0 bridgehead atoms. The molecule has 1 aromatic rings. The van der Waals surface area contributed by atoms with Crippen molar-refractivity contribution < 1.29 is 4.39 Å². The quantitative estimate of drug-likeness (QED) is 0.808. The van der Waals surface area contributed by atoms with E-state index in [1.54, 1.807) is 0 Å². The Balaban J connectivity index is 2.35. The topological polar surface area (TPSA) is 37.8 Å². The van der Waals surface area contributed by atoms with Crippen LogP contribution in [0, 0.1) is 11.4 Å². The molecule has 78 valence electrons. The maximum Gasteiger partial charge on any atom is 0.231 e. The molecule has 0 aliphatic rings. The molecule has 1 aromatic heterocycles. The molecule has 0 aromatic carbocycles. The molecular weight excluding hydrogens is 181 g/mol. The molecule has 1 rings (SSSR count). The van der Waals surface area contributed by atoms with Gasteiger partial charge >= 0.3 is 0 Å². The van der Waals surface area contributed by atoms with Gasteiger partial charge in [0.25, 0.3) is 0 Å². The summed E-state index contributed by atoms with van der Waals surface area (Å²) >= 11 is 0. The van der Waals surface area contributed by atoms with Crippen molar-refractivity contribution in [2.45, 2.75) is 27.2 Å². The third-order valence-corrected chi connectivity index (χ3v) is 1.80. The van der Waals surface area contributed by atoms with E-state index in [-0.39, 0.29) is 0 Å². The molecule has 0 unspecified atom stereocenters. The molecule has 0 atom stereocenters. The van der Waals surface area contributed by atoms with E-state index in [9.17, 15) is 4.39 Å². The van der Waals surface area contributed by atoms with E-state index >= 15 is 0 Å². The summed E-state index contributed by atoms with van der Waals surface area (Å²) in [7, 11) is 0. The zero-order valence-electron chi connectivity index (χ0n) is 8.84. The van der Waals surface area contributed by atoms with Crippen LogP contribution in [0.2, 0.25) is 0 Å². The Hall–Kier alpha value is -1.19. The summed E-state index contributed by atoms with van der Waals surface area (Å²) in [5.74, 6) is 0.0713. The Kier molecular flexibility index (Phi) is 3.38. The van der Waals surface area contributed by atoms with Crippen molar-refractivity contribution in [3.05, 3.63) is 18.3 Å². The number of nitrogens with one attached hydrogen (secondary N) is 1. The highest BCUT2D eigenvalue weighted by atomic mass is 19.1. The molecule has 0 spiro atoms. The molecule has 3 nitrogen and oxygen atoms in total. The minimum absolute atomic E-state index is 0.292. The smallest absolute Gasteiger partial charge is 0.231 e. The second kappa shape index (κ2) is 4.35. The van der Waals surface area contributed by atoms with Crippen molar-refractivity contribution in [1.29, 1.82) is 0 Å². The summed E-state index contributed by atoms with van der Waals surface area (Å²) in [4.78, 5) is 7.35. The Labute approximate surface area is 83.8 Å². The van der Waals surface area contributed by atoms with E-state index in [1.165, 1.54) is 6.20 Å². The van der Waals surface area contributed by atoms with Gasteiger partial charge in [0.1, 0.15) is 5.82 Å². The Morgan fingerprint density at radius 2 is 2.00 bits per heavy atom. The maximum atomic E-state index is 12.4. The predicted octanol–water partition coefficient (Wildman–Crippen LogP) is 2.46. The van der Waals surface area contributed by atoms with Crippen LogP contribution in [0.15, 0.2) is 12.4 Å². The first-order chi connectivity index (χ1) is 6.47. The van der Waals surface area contributed by atoms with Gasteiger partial charge in [-0.2, -0.15) is 4.39 Å². The van der Waals surface area contributed by atoms with Crippen molar-refractivity contribution in [2.24, 2.45) is 5.41 Å². The van der Waals surface area contributed by atoms with Crippen LogP contribution in [-0.4, -0.2) is 16.5 Å². The van der Waals surface area contributed by atoms with Gasteiger partial charge < -0.3 is 5.32 Å². The number of anilines is 1. The summed E-state index contributed by atoms with van der Waals surface area (Å²) in [5, 5.41) is 3.09. The number of aromatic nitrogens is 2. The van der Waals surface area contributed by atoms with E-state index < -0.39 is 5.95 Å². The fourth-order valence-corrected chi connectivity index (χ4v) is 0.969. The third-order valence-electron chi connectivity index (χ3n) is 1.80. The van der Waals surface area contributed by atoms with Crippen molar-refractivity contribution in [3.63, 3.8) is 0 Å². The number of halogens is 1. The van der Waals surface area contributed by atoms with E-state index in [0.29, 0.717) is 11.2 Å². The van der Waals surface area contributed by atoms with Crippen molar-refractivity contribution >= 4 is 5.82 Å². The summed E-state index contributed by atoms with van der Waals surface area (Å²) < 4.78 is 12.4. The summed E-state index contributed by atoms with van der Waals surface area (Å²) in [6, 6.07) is 0. The van der Waals surface area contributed by atoms with E-state index in [4.69, 9.17) is 0 Å². The van der Waals surface area contributed by atoms with E-state index in [1.807, 2.05) is 0 Å². The highest BCUT2D eigenvalue weighted by Crippen LogP contribution is 2.17. The Morgan fingerprint density at radius 3 is 2.50 bits per heavy atom. The van der Waals surface area contributed by atoms with Crippen LogP contribution in [0.5, 0.6) is 0 Å². The molecule has 0 saturated carbocycles. The van der Waals surface area contributed by atoms with Gasteiger partial charge in [0, 0.05) is 6.54 Å². The summed E-state index contributed by atoms with van der Waals surface area (Å²) in [6.07, 6.45) is 3.55. The molecule has 0 aliphatic heterocycles. The fourth-order valence-electron chi connectivity index (χ4n) is 0.969. The minimum atomic E-state index is -0.550. The fraction of sp³-hybridized carbons (Fsp3) is 0.600.